The highest BCUT2D eigenvalue weighted by Gasteiger charge is 2.31. The first-order chi connectivity index (χ1) is 18.3. The van der Waals surface area contributed by atoms with Crippen LogP contribution in [0, 0.1) is 0 Å². The van der Waals surface area contributed by atoms with E-state index in [1.54, 1.807) is 30.5 Å². The van der Waals surface area contributed by atoms with Crippen LogP contribution in [0.5, 0.6) is 5.75 Å². The number of nitrogens with zero attached hydrogens (tertiary/aromatic N) is 2. The number of aryl methyl sites for hydroxylation is 1. The number of nitrogens with one attached hydrogen (secondary N) is 3. The van der Waals surface area contributed by atoms with E-state index in [1.165, 1.54) is 24.3 Å². The van der Waals surface area contributed by atoms with Crippen molar-refractivity contribution in [2.75, 3.05) is 10.8 Å². The number of ether oxygens (including phenoxy) is 1. The Morgan fingerprint density at radius 1 is 1.05 bits per heavy atom. The Kier molecular flexibility index (Phi) is 6.99. The van der Waals surface area contributed by atoms with E-state index in [9.17, 15) is 18.4 Å². The minimum atomic E-state index is -4.75. The summed E-state index contributed by atoms with van der Waals surface area (Å²) in [7, 11) is 0. The van der Waals surface area contributed by atoms with Crippen LogP contribution in [-0.4, -0.2) is 28.1 Å². The minimum absolute atomic E-state index is 0.250. The third-order valence-corrected chi connectivity index (χ3v) is 6.04. The number of hydrazone groups is 1. The molecule has 0 unspecified atom stereocenters. The van der Waals surface area contributed by atoms with Crippen LogP contribution in [0.25, 0.3) is 22.6 Å². The molecule has 4 aromatic rings. The zero-order valence-corrected chi connectivity index (χ0v) is 20.4. The number of benzene rings is 3. The Hall–Kier alpha value is -4.42. The average Bonchev–Trinajstić information content (AvgIpc) is 3.33. The quantitative estimate of drug-likeness (QED) is 0.132. The van der Waals surface area contributed by atoms with Gasteiger partial charge < -0.3 is 14.6 Å². The molecule has 1 aromatic heterocycles. The fraction of sp³-hybridized carbons (Fsp3) is 0.115. The highest BCUT2D eigenvalue weighted by atomic mass is 32.1. The first kappa shape index (κ1) is 25.2. The van der Waals surface area contributed by atoms with Gasteiger partial charge in [-0.2, -0.15) is 5.10 Å². The summed E-state index contributed by atoms with van der Waals surface area (Å²) < 4.78 is 46.9. The lowest BCUT2D eigenvalue weighted by molar-refractivity contribution is -0.274. The van der Waals surface area contributed by atoms with Crippen molar-refractivity contribution in [3.05, 3.63) is 83.4 Å². The standard InChI is InChI=1S/C26H20F3N5O3S/c27-26(28,29)36-18-9-6-16(7-10-18)24-20-12-8-17-13-15(5-11-19(17)23(20)34-37-24)14-30-32-25(38)31-21-3-1-2-4-22(21)33-35/h1-7,9-11,13-14,33,35H,8,12H2,(H2,31,32,38)/b30-14+. The van der Waals surface area contributed by atoms with Gasteiger partial charge in [-0.25, -0.2) is 0 Å². The lowest BCUT2D eigenvalue weighted by atomic mass is 9.87. The van der Waals surface area contributed by atoms with Gasteiger partial charge in [-0.15, -0.1) is 13.2 Å². The number of thiocarbonyl (C=S) groups is 1. The van der Waals surface area contributed by atoms with E-state index in [0.717, 1.165) is 28.7 Å². The molecular weight excluding hydrogens is 519 g/mol. The molecule has 0 fully saturated rings. The lowest BCUT2D eigenvalue weighted by Gasteiger charge is -2.16. The van der Waals surface area contributed by atoms with Crippen molar-refractivity contribution < 1.29 is 27.6 Å². The third-order valence-electron chi connectivity index (χ3n) is 5.84. The fourth-order valence-corrected chi connectivity index (χ4v) is 4.35. The zero-order valence-electron chi connectivity index (χ0n) is 19.5. The van der Waals surface area contributed by atoms with Crippen LogP contribution in [0.15, 0.2) is 76.4 Å². The van der Waals surface area contributed by atoms with Gasteiger partial charge in [0.25, 0.3) is 0 Å². The number of halogens is 3. The zero-order chi connectivity index (χ0) is 26.7. The van der Waals surface area contributed by atoms with E-state index >= 15 is 0 Å². The number of hydrogen-bond acceptors (Lipinski definition) is 7. The summed E-state index contributed by atoms with van der Waals surface area (Å²) in [5, 5.41) is 20.8. The second-order valence-corrected chi connectivity index (χ2v) is 8.72. The average molecular weight is 540 g/mol. The highest BCUT2D eigenvalue weighted by Crippen LogP contribution is 2.39. The first-order valence-electron chi connectivity index (χ1n) is 11.4. The second kappa shape index (κ2) is 10.5. The van der Waals surface area contributed by atoms with Crippen LogP contribution >= 0.6 is 12.2 Å². The molecule has 0 saturated carbocycles. The molecule has 5 rings (SSSR count). The summed E-state index contributed by atoms with van der Waals surface area (Å²) >= 11 is 5.25. The van der Waals surface area contributed by atoms with Gasteiger partial charge in [0.15, 0.2) is 10.9 Å². The van der Waals surface area contributed by atoms with Crippen LogP contribution < -0.4 is 21.0 Å². The van der Waals surface area contributed by atoms with Gasteiger partial charge in [0.05, 0.1) is 17.6 Å². The van der Waals surface area contributed by atoms with Gasteiger partial charge in [0.1, 0.15) is 11.4 Å². The van der Waals surface area contributed by atoms with Gasteiger partial charge in [-0.1, -0.05) is 29.4 Å². The predicted octanol–water partition coefficient (Wildman–Crippen LogP) is 6.13. The maximum Gasteiger partial charge on any atom is 0.573 e. The monoisotopic (exact) mass is 539 g/mol. The number of aromatic nitrogens is 1. The summed E-state index contributed by atoms with van der Waals surface area (Å²) in [6, 6.07) is 18.4. The Labute approximate surface area is 220 Å². The van der Waals surface area contributed by atoms with Crippen molar-refractivity contribution in [2.45, 2.75) is 19.2 Å². The number of fused-ring (bicyclic) bond motifs is 3. The van der Waals surface area contributed by atoms with Crippen LogP contribution in [0.4, 0.5) is 24.5 Å². The van der Waals surface area contributed by atoms with Crippen molar-refractivity contribution in [3.63, 3.8) is 0 Å². The van der Waals surface area contributed by atoms with Gasteiger partial charge in [-0.05, 0) is 78.7 Å². The summed E-state index contributed by atoms with van der Waals surface area (Å²) in [4.78, 5) is 0. The summed E-state index contributed by atoms with van der Waals surface area (Å²) in [5.74, 6) is 0.227. The van der Waals surface area contributed by atoms with E-state index in [-0.39, 0.29) is 10.9 Å². The molecule has 1 heterocycles. The summed E-state index contributed by atoms with van der Waals surface area (Å²) in [6.07, 6.45) is -1.72. The topological polar surface area (TPSA) is 104 Å². The first-order valence-corrected chi connectivity index (χ1v) is 11.8. The van der Waals surface area contributed by atoms with Gasteiger partial charge in [0.2, 0.25) is 0 Å². The minimum Gasteiger partial charge on any atom is -0.406 e. The smallest absolute Gasteiger partial charge is 0.406 e. The Bertz CT molecular complexity index is 1500. The highest BCUT2D eigenvalue weighted by molar-refractivity contribution is 7.80. The number of anilines is 2. The van der Waals surface area contributed by atoms with E-state index < -0.39 is 6.36 Å². The predicted molar refractivity (Wildman–Crippen MR) is 140 cm³/mol. The molecule has 0 aliphatic heterocycles. The van der Waals surface area contributed by atoms with Gasteiger partial charge >= 0.3 is 6.36 Å². The van der Waals surface area contributed by atoms with Crippen LogP contribution in [-0.2, 0) is 12.8 Å². The van der Waals surface area contributed by atoms with Crippen LogP contribution in [0.2, 0.25) is 0 Å². The van der Waals surface area contributed by atoms with Gasteiger partial charge in [0, 0.05) is 16.7 Å². The Morgan fingerprint density at radius 2 is 1.82 bits per heavy atom. The molecule has 12 heteroatoms. The molecule has 8 nitrogen and oxygen atoms in total. The number of rotatable bonds is 6. The van der Waals surface area contributed by atoms with E-state index in [4.69, 9.17) is 16.7 Å². The molecule has 0 bridgehead atoms. The van der Waals surface area contributed by atoms with Crippen LogP contribution in [0.3, 0.4) is 0 Å². The number of para-hydroxylation sites is 2. The van der Waals surface area contributed by atoms with Crippen molar-refractivity contribution in [3.8, 4) is 28.3 Å². The van der Waals surface area contributed by atoms with Crippen LogP contribution in [0.1, 0.15) is 16.7 Å². The molecule has 3 aromatic carbocycles. The second-order valence-electron chi connectivity index (χ2n) is 8.31. The summed E-state index contributed by atoms with van der Waals surface area (Å²) in [6.45, 7) is 0. The Morgan fingerprint density at radius 3 is 2.55 bits per heavy atom. The van der Waals surface area contributed by atoms with Crippen molar-refractivity contribution >= 4 is 34.9 Å². The SMILES string of the molecule is ONc1ccccc1NC(=S)N/N=C/c1ccc2c(c1)CCc1c-2noc1-c1ccc(OC(F)(F)F)cc1. The fourth-order valence-electron chi connectivity index (χ4n) is 4.18. The molecule has 0 saturated heterocycles. The number of hydrogen-bond donors (Lipinski definition) is 4. The molecule has 4 N–H and O–H groups in total. The molecule has 0 spiro atoms. The lowest BCUT2D eigenvalue weighted by Crippen LogP contribution is -2.24. The Balaban J connectivity index is 1.27. The van der Waals surface area contributed by atoms with E-state index in [0.29, 0.717) is 34.8 Å². The molecule has 38 heavy (non-hydrogen) atoms. The normalized spacial score (nSPS) is 12.5. The van der Waals surface area contributed by atoms with Crippen molar-refractivity contribution in [1.82, 2.24) is 10.6 Å². The van der Waals surface area contributed by atoms with Crippen molar-refractivity contribution in [1.29, 1.82) is 0 Å². The third kappa shape index (κ3) is 5.61. The molecule has 1 aliphatic carbocycles. The van der Waals surface area contributed by atoms with E-state index in [1.807, 2.05) is 18.2 Å². The maximum atomic E-state index is 12.4. The van der Waals surface area contributed by atoms with E-state index in [2.05, 4.69) is 31.2 Å². The largest absolute Gasteiger partial charge is 0.573 e. The molecule has 0 radical (unpaired) electrons. The molecule has 0 atom stereocenters. The number of alkyl halides is 3. The summed E-state index contributed by atoms with van der Waals surface area (Å²) in [5.41, 5.74) is 11.0. The molecule has 0 amide bonds. The maximum absolute atomic E-state index is 12.4. The van der Waals surface area contributed by atoms with Crippen molar-refractivity contribution in [2.24, 2.45) is 5.10 Å². The molecule has 1 aliphatic rings. The molecule has 194 valence electrons. The molecular formula is C26H20F3N5O3S. The van der Waals surface area contributed by atoms with Gasteiger partial charge in [-0.3, -0.25) is 16.1 Å².